The molecule has 0 fully saturated rings. The van der Waals surface area contributed by atoms with Gasteiger partial charge in [0.05, 0.1) is 10.7 Å². The van der Waals surface area contributed by atoms with Crippen LogP contribution in [0.3, 0.4) is 0 Å². The van der Waals surface area contributed by atoms with Gasteiger partial charge in [-0.25, -0.2) is 4.98 Å². The van der Waals surface area contributed by atoms with Crippen molar-refractivity contribution in [1.82, 2.24) is 10.3 Å². The molecule has 1 aromatic rings. The van der Waals surface area contributed by atoms with Crippen molar-refractivity contribution in [2.24, 2.45) is 0 Å². The van der Waals surface area contributed by atoms with Gasteiger partial charge < -0.3 is 5.32 Å². The molecule has 0 amide bonds. The summed E-state index contributed by atoms with van der Waals surface area (Å²) in [7, 11) is 1.98. The van der Waals surface area contributed by atoms with Gasteiger partial charge >= 0.3 is 0 Å². The van der Waals surface area contributed by atoms with Gasteiger partial charge in [0.2, 0.25) is 0 Å². The molecule has 13 heavy (non-hydrogen) atoms. The highest BCUT2D eigenvalue weighted by Gasteiger charge is 2.07. The van der Waals surface area contributed by atoms with Crippen LogP contribution in [0.1, 0.15) is 35.8 Å². The molecule has 0 bridgehead atoms. The normalized spacial score (nSPS) is 10.7. The maximum atomic E-state index is 4.62. The van der Waals surface area contributed by atoms with E-state index in [1.54, 1.807) is 0 Å². The van der Waals surface area contributed by atoms with E-state index in [0.717, 1.165) is 19.4 Å². The zero-order chi connectivity index (χ0) is 9.68. The van der Waals surface area contributed by atoms with Crippen LogP contribution in [0, 0.1) is 0 Å². The number of rotatable bonds is 5. The summed E-state index contributed by atoms with van der Waals surface area (Å²) in [4.78, 5) is 6.03. The lowest BCUT2D eigenvalue weighted by Gasteiger charge is -1.96. The molecule has 1 heterocycles. The van der Waals surface area contributed by atoms with Gasteiger partial charge in [-0.1, -0.05) is 13.8 Å². The molecule has 2 nitrogen and oxygen atoms in total. The molecular formula is C10H18N2S. The zero-order valence-corrected chi connectivity index (χ0v) is 9.50. The van der Waals surface area contributed by atoms with Crippen molar-refractivity contribution >= 4 is 11.3 Å². The highest BCUT2D eigenvalue weighted by atomic mass is 32.1. The smallest absolute Gasteiger partial charge is 0.0931 e. The summed E-state index contributed by atoms with van der Waals surface area (Å²) in [6.45, 7) is 5.33. The minimum absolute atomic E-state index is 0.963. The summed E-state index contributed by atoms with van der Waals surface area (Å²) >= 11 is 1.86. The van der Waals surface area contributed by atoms with E-state index in [1.165, 1.54) is 22.0 Å². The summed E-state index contributed by atoms with van der Waals surface area (Å²) in [5, 5.41) is 4.48. The third-order valence-electron chi connectivity index (χ3n) is 1.96. The molecule has 1 N–H and O–H groups in total. The van der Waals surface area contributed by atoms with Crippen LogP contribution in [0.4, 0.5) is 0 Å². The van der Waals surface area contributed by atoms with E-state index in [2.05, 4.69) is 24.1 Å². The number of aromatic nitrogens is 1. The lowest BCUT2D eigenvalue weighted by Crippen LogP contribution is -2.05. The fourth-order valence-corrected chi connectivity index (χ4v) is 2.60. The van der Waals surface area contributed by atoms with Crippen molar-refractivity contribution in [3.05, 3.63) is 15.6 Å². The third-order valence-corrected chi connectivity index (χ3v) is 3.12. The summed E-state index contributed by atoms with van der Waals surface area (Å²) in [6, 6.07) is 0. The monoisotopic (exact) mass is 198 g/mol. The van der Waals surface area contributed by atoms with Crippen molar-refractivity contribution in [3.8, 4) is 0 Å². The predicted octanol–water partition coefficient (Wildman–Crippen LogP) is 2.38. The Labute approximate surface area is 84.4 Å². The Hall–Kier alpha value is -0.410. The first-order chi connectivity index (χ1) is 6.31. The molecule has 74 valence electrons. The van der Waals surface area contributed by atoms with Gasteiger partial charge in [-0.05, 0) is 26.3 Å². The summed E-state index contributed by atoms with van der Waals surface area (Å²) in [5.74, 6) is 0. The van der Waals surface area contributed by atoms with Gasteiger partial charge in [-0.2, -0.15) is 0 Å². The highest BCUT2D eigenvalue weighted by Crippen LogP contribution is 2.20. The molecule has 0 aliphatic rings. The average Bonchev–Trinajstić information content (AvgIpc) is 2.49. The van der Waals surface area contributed by atoms with E-state index in [9.17, 15) is 0 Å². The van der Waals surface area contributed by atoms with Crippen LogP contribution in [0.15, 0.2) is 0 Å². The molecule has 0 radical (unpaired) electrons. The Morgan fingerprint density at radius 2 is 2.15 bits per heavy atom. The van der Waals surface area contributed by atoms with Crippen LogP contribution >= 0.6 is 11.3 Å². The Morgan fingerprint density at radius 1 is 1.38 bits per heavy atom. The van der Waals surface area contributed by atoms with Crippen LogP contribution in [-0.4, -0.2) is 12.0 Å². The largest absolute Gasteiger partial charge is 0.315 e. The number of thiazole rings is 1. The Kier molecular flexibility index (Phi) is 4.39. The number of nitrogens with zero attached hydrogens (tertiary/aromatic N) is 1. The predicted molar refractivity (Wildman–Crippen MR) is 58.3 cm³/mol. The van der Waals surface area contributed by atoms with Crippen molar-refractivity contribution in [2.45, 2.75) is 39.7 Å². The van der Waals surface area contributed by atoms with Crippen molar-refractivity contribution in [1.29, 1.82) is 0 Å². The van der Waals surface area contributed by atoms with E-state index in [1.807, 2.05) is 18.4 Å². The molecule has 0 atom stereocenters. The number of hydrogen-bond donors (Lipinski definition) is 1. The van der Waals surface area contributed by atoms with Gasteiger partial charge in [-0.15, -0.1) is 11.3 Å². The standard InChI is InChI=1S/C10H18N2S/c1-4-6-10-12-8(5-2)9(13-10)7-11-3/h11H,4-7H2,1-3H3. The van der Waals surface area contributed by atoms with Gasteiger partial charge in [0.25, 0.3) is 0 Å². The van der Waals surface area contributed by atoms with Crippen LogP contribution in [0.2, 0.25) is 0 Å². The summed E-state index contributed by atoms with van der Waals surface area (Å²) in [5.41, 5.74) is 1.28. The Balaban J connectivity index is 2.77. The van der Waals surface area contributed by atoms with Crippen molar-refractivity contribution in [2.75, 3.05) is 7.05 Å². The van der Waals surface area contributed by atoms with Crippen molar-refractivity contribution in [3.63, 3.8) is 0 Å². The van der Waals surface area contributed by atoms with E-state index >= 15 is 0 Å². The first-order valence-electron chi connectivity index (χ1n) is 4.93. The van der Waals surface area contributed by atoms with Crippen LogP contribution in [0.25, 0.3) is 0 Å². The summed E-state index contributed by atoms with van der Waals surface area (Å²) < 4.78 is 0. The molecule has 0 saturated heterocycles. The molecular weight excluding hydrogens is 180 g/mol. The van der Waals surface area contributed by atoms with Crippen LogP contribution < -0.4 is 5.32 Å². The second-order valence-electron chi connectivity index (χ2n) is 3.11. The molecule has 1 aromatic heterocycles. The first kappa shape index (κ1) is 10.7. The van der Waals surface area contributed by atoms with E-state index in [4.69, 9.17) is 0 Å². The first-order valence-corrected chi connectivity index (χ1v) is 5.75. The highest BCUT2D eigenvalue weighted by molar-refractivity contribution is 7.11. The van der Waals surface area contributed by atoms with E-state index in [-0.39, 0.29) is 0 Å². The molecule has 1 rings (SSSR count). The third kappa shape index (κ3) is 2.78. The number of hydrogen-bond acceptors (Lipinski definition) is 3. The van der Waals surface area contributed by atoms with Crippen LogP contribution in [0.5, 0.6) is 0 Å². The topological polar surface area (TPSA) is 24.9 Å². The zero-order valence-electron chi connectivity index (χ0n) is 8.68. The molecule has 0 spiro atoms. The maximum absolute atomic E-state index is 4.62. The van der Waals surface area contributed by atoms with E-state index in [0.29, 0.717) is 0 Å². The van der Waals surface area contributed by atoms with Gasteiger partial charge in [0, 0.05) is 11.4 Å². The van der Waals surface area contributed by atoms with Crippen LogP contribution in [-0.2, 0) is 19.4 Å². The lowest BCUT2D eigenvalue weighted by molar-refractivity contribution is 0.812. The quantitative estimate of drug-likeness (QED) is 0.785. The summed E-state index contributed by atoms with van der Waals surface area (Å²) in [6.07, 6.45) is 3.37. The fraction of sp³-hybridized carbons (Fsp3) is 0.700. The van der Waals surface area contributed by atoms with Crippen molar-refractivity contribution < 1.29 is 0 Å². The SMILES string of the molecule is CCCc1nc(CC)c(CNC)s1. The van der Waals surface area contributed by atoms with Gasteiger partial charge in [-0.3, -0.25) is 0 Å². The molecule has 3 heteroatoms. The Bertz CT molecular complexity index is 255. The minimum atomic E-state index is 0.963. The molecule has 0 saturated carbocycles. The molecule has 0 unspecified atom stereocenters. The lowest BCUT2D eigenvalue weighted by atomic mass is 10.3. The molecule has 0 aliphatic carbocycles. The maximum Gasteiger partial charge on any atom is 0.0931 e. The second-order valence-corrected chi connectivity index (χ2v) is 4.28. The van der Waals surface area contributed by atoms with Gasteiger partial charge in [0.1, 0.15) is 0 Å². The van der Waals surface area contributed by atoms with E-state index < -0.39 is 0 Å². The average molecular weight is 198 g/mol. The fourth-order valence-electron chi connectivity index (χ4n) is 1.33. The second kappa shape index (κ2) is 5.35. The Morgan fingerprint density at radius 3 is 2.69 bits per heavy atom. The molecule has 0 aromatic carbocycles. The minimum Gasteiger partial charge on any atom is -0.315 e. The molecule has 0 aliphatic heterocycles. The number of aryl methyl sites for hydroxylation is 2. The number of nitrogens with one attached hydrogen (secondary N) is 1. The van der Waals surface area contributed by atoms with Gasteiger partial charge in [0.15, 0.2) is 0 Å².